The molecule has 6 bridgehead atoms. The van der Waals surface area contributed by atoms with E-state index in [0.29, 0.717) is 12.3 Å². The van der Waals surface area contributed by atoms with Crippen LogP contribution in [0.25, 0.3) is 0 Å². The zero-order valence-corrected chi connectivity index (χ0v) is 14.2. The van der Waals surface area contributed by atoms with Crippen LogP contribution in [0.5, 0.6) is 0 Å². The third kappa shape index (κ3) is 0.708. The molecule has 11 atom stereocenters. The molecule has 0 aliphatic heterocycles. The lowest BCUT2D eigenvalue weighted by Crippen LogP contribution is -2.74. The van der Waals surface area contributed by atoms with Crippen molar-refractivity contribution < 1.29 is 14.6 Å². The van der Waals surface area contributed by atoms with E-state index in [9.17, 15) is 10.2 Å². The molecule has 24 heavy (non-hydrogen) atoms. The fourth-order valence-corrected chi connectivity index (χ4v) is 12.8. The summed E-state index contributed by atoms with van der Waals surface area (Å²) in [5.74, 6) is 0.896. The molecule has 7 rings (SSSR count). The van der Waals surface area contributed by atoms with Gasteiger partial charge in [-0.2, -0.15) is 0 Å². The van der Waals surface area contributed by atoms with Crippen molar-refractivity contribution in [3.8, 4) is 0 Å². The van der Waals surface area contributed by atoms with Crippen molar-refractivity contribution in [1.29, 1.82) is 0 Å². The fraction of sp³-hybridized carbons (Fsp3) is 1.00. The second-order valence-electron chi connectivity index (χ2n) is 11.3. The highest BCUT2D eigenvalue weighted by molar-refractivity contribution is 5.52. The third-order valence-electron chi connectivity index (χ3n) is 11.9. The van der Waals surface area contributed by atoms with Crippen LogP contribution in [0, 0.1) is 45.8 Å². The molecule has 7 aliphatic rings. The molecule has 0 aromatic heterocycles. The van der Waals surface area contributed by atoms with Crippen molar-refractivity contribution in [2.24, 2.45) is 45.8 Å². The van der Waals surface area contributed by atoms with Crippen LogP contribution >= 0.6 is 0 Å². The van der Waals surface area contributed by atoms with Crippen molar-refractivity contribution in [2.75, 3.05) is 0 Å². The molecule has 11 unspecified atom stereocenters. The summed E-state index contributed by atoms with van der Waals surface area (Å²) in [5.41, 5.74) is -3.40. The molecule has 7 aliphatic carbocycles. The number of halogens is 1. The van der Waals surface area contributed by atoms with Crippen LogP contribution in [0.4, 0.5) is 4.39 Å². The van der Waals surface area contributed by atoms with Gasteiger partial charge in [0.25, 0.3) is 0 Å². The minimum Gasteiger partial charge on any atom is -0.389 e. The van der Waals surface area contributed by atoms with Gasteiger partial charge in [0.05, 0.1) is 5.60 Å². The number of aliphatic hydroxyl groups is 2. The summed E-state index contributed by atoms with van der Waals surface area (Å²) in [7, 11) is 0. The number of alkyl halides is 1. The van der Waals surface area contributed by atoms with E-state index in [1.807, 2.05) is 0 Å². The highest BCUT2D eigenvalue weighted by Gasteiger charge is 3.05. The van der Waals surface area contributed by atoms with Gasteiger partial charge >= 0.3 is 0 Å². The maximum Gasteiger partial charge on any atom is 0.149 e. The summed E-state index contributed by atoms with van der Waals surface area (Å²) in [5, 5.41) is 24.0. The predicted octanol–water partition coefficient (Wildman–Crippen LogP) is 3.21. The molecule has 2 N–H and O–H groups in total. The highest BCUT2D eigenvalue weighted by Crippen LogP contribution is 3.02. The quantitative estimate of drug-likeness (QED) is 0.716. The molecule has 0 aromatic carbocycles. The molecule has 0 aromatic rings. The van der Waals surface area contributed by atoms with Crippen LogP contribution in [0.15, 0.2) is 0 Å². The van der Waals surface area contributed by atoms with Crippen LogP contribution < -0.4 is 0 Å². The maximum absolute atomic E-state index is 17.3. The molecule has 130 valence electrons. The SMILES string of the molecule is OC12CCCC34CC56CCCC5(C13)C1(F)C3C4C2C1(O)CCCC36. The van der Waals surface area contributed by atoms with E-state index in [4.69, 9.17) is 0 Å². The minimum absolute atomic E-state index is 0.0763. The highest BCUT2D eigenvalue weighted by atomic mass is 19.1. The molecule has 0 amide bonds. The summed E-state index contributed by atoms with van der Waals surface area (Å²) in [6.45, 7) is 0. The topological polar surface area (TPSA) is 40.5 Å². The smallest absolute Gasteiger partial charge is 0.149 e. The lowest BCUT2D eigenvalue weighted by atomic mass is 9.44. The third-order valence-corrected chi connectivity index (χ3v) is 11.9. The molecule has 0 heterocycles. The van der Waals surface area contributed by atoms with Crippen LogP contribution in [-0.2, 0) is 0 Å². The van der Waals surface area contributed by atoms with E-state index >= 15 is 4.39 Å². The van der Waals surface area contributed by atoms with Crippen LogP contribution in [-0.4, -0.2) is 27.1 Å². The van der Waals surface area contributed by atoms with Gasteiger partial charge in [-0.15, -0.1) is 0 Å². The molecule has 3 heteroatoms. The zero-order valence-electron chi connectivity index (χ0n) is 14.2. The Balaban J connectivity index is 1.60. The zero-order chi connectivity index (χ0) is 16.0. The Morgan fingerprint density at radius 2 is 1.71 bits per heavy atom. The first kappa shape index (κ1) is 13.1. The molecular weight excluding hydrogens is 303 g/mol. The second kappa shape index (κ2) is 2.95. The van der Waals surface area contributed by atoms with Gasteiger partial charge in [-0.3, -0.25) is 0 Å². The Morgan fingerprint density at radius 1 is 0.875 bits per heavy atom. The molecule has 0 saturated heterocycles. The lowest BCUT2D eigenvalue weighted by Gasteiger charge is -2.64. The van der Waals surface area contributed by atoms with Gasteiger partial charge in [0.15, 0.2) is 0 Å². The van der Waals surface area contributed by atoms with E-state index in [1.165, 1.54) is 19.3 Å². The summed E-state index contributed by atoms with van der Waals surface area (Å²) >= 11 is 0. The van der Waals surface area contributed by atoms with Crippen molar-refractivity contribution >= 4 is 0 Å². The standard InChI is InChI=1S/C21H27FO2/c22-21-12-11-4-1-9-20(21,24)14-13(12)16-5-2-7-18(14,23)15(16)19(21)8-3-6-17(11,19)10-16/h11-15,23-24H,1-10H2. The van der Waals surface area contributed by atoms with Gasteiger partial charge < -0.3 is 10.2 Å². The van der Waals surface area contributed by atoms with Gasteiger partial charge in [-0.25, -0.2) is 4.39 Å². The van der Waals surface area contributed by atoms with Gasteiger partial charge in [-0.05, 0) is 74.0 Å². The fourth-order valence-electron chi connectivity index (χ4n) is 12.8. The molecule has 0 radical (unpaired) electrons. The van der Waals surface area contributed by atoms with Gasteiger partial charge in [0.2, 0.25) is 0 Å². The van der Waals surface area contributed by atoms with E-state index < -0.39 is 16.9 Å². The van der Waals surface area contributed by atoms with Crippen LogP contribution in [0.2, 0.25) is 0 Å². The van der Waals surface area contributed by atoms with Gasteiger partial charge in [0, 0.05) is 23.2 Å². The summed E-state index contributed by atoms with van der Waals surface area (Å²) < 4.78 is 17.3. The number of rotatable bonds is 0. The molecule has 2 nitrogen and oxygen atoms in total. The normalized spacial score (nSPS) is 80.9. The summed E-state index contributed by atoms with van der Waals surface area (Å²) in [6.07, 6.45) is 10.3. The van der Waals surface area contributed by atoms with E-state index in [2.05, 4.69) is 0 Å². The number of hydrogen-bond donors (Lipinski definition) is 2. The van der Waals surface area contributed by atoms with E-state index in [1.54, 1.807) is 0 Å². The number of hydrogen-bond acceptors (Lipinski definition) is 2. The summed E-state index contributed by atoms with van der Waals surface area (Å²) in [6, 6.07) is 0. The molecular formula is C21H27FO2. The first-order chi connectivity index (χ1) is 11.4. The maximum atomic E-state index is 17.3. The Kier molecular flexibility index (Phi) is 1.61. The van der Waals surface area contributed by atoms with Crippen LogP contribution in [0.1, 0.15) is 64.2 Å². The Bertz CT molecular complexity index is 739. The van der Waals surface area contributed by atoms with Crippen molar-refractivity contribution in [3.63, 3.8) is 0 Å². The first-order valence-corrected chi connectivity index (χ1v) is 10.6. The lowest BCUT2D eigenvalue weighted by molar-refractivity contribution is -0.290. The molecule has 7 fully saturated rings. The van der Waals surface area contributed by atoms with E-state index in [0.717, 1.165) is 38.5 Å². The summed E-state index contributed by atoms with van der Waals surface area (Å²) in [4.78, 5) is 0. The van der Waals surface area contributed by atoms with Crippen molar-refractivity contribution in [1.82, 2.24) is 0 Å². The Morgan fingerprint density at radius 3 is 2.58 bits per heavy atom. The average Bonchev–Trinajstić information content (AvgIpc) is 3.03. The minimum atomic E-state index is -1.37. The van der Waals surface area contributed by atoms with E-state index in [-0.39, 0.29) is 39.9 Å². The van der Waals surface area contributed by atoms with Gasteiger partial charge in [-0.1, -0.05) is 12.8 Å². The second-order valence-corrected chi connectivity index (χ2v) is 11.3. The van der Waals surface area contributed by atoms with Crippen molar-refractivity contribution in [3.05, 3.63) is 0 Å². The predicted molar refractivity (Wildman–Crippen MR) is 84.7 cm³/mol. The van der Waals surface area contributed by atoms with Crippen LogP contribution in [0.3, 0.4) is 0 Å². The average molecular weight is 330 g/mol. The molecule has 7 saturated carbocycles. The Hall–Kier alpha value is -0.150. The monoisotopic (exact) mass is 330 g/mol. The van der Waals surface area contributed by atoms with Gasteiger partial charge in [0.1, 0.15) is 11.3 Å². The number of fused-ring (bicyclic) bond motifs is 3. The first-order valence-electron chi connectivity index (χ1n) is 10.6. The Labute approximate surface area is 142 Å². The molecule has 0 spiro atoms. The largest absolute Gasteiger partial charge is 0.389 e. The van der Waals surface area contributed by atoms with Crippen molar-refractivity contribution in [2.45, 2.75) is 81.1 Å².